The smallest absolute Gasteiger partial charge is 0.336 e. The molecule has 0 spiro atoms. The van der Waals surface area contributed by atoms with Crippen LogP contribution < -0.4 is 20.5 Å². The molecular formula is C54H35BN2O. The fourth-order valence-corrected chi connectivity index (χ4v) is 9.47. The van der Waals surface area contributed by atoms with Crippen LogP contribution in [0.1, 0.15) is 0 Å². The molecule has 4 heteroatoms. The number of hydrogen-bond acceptors (Lipinski definition) is 2. The second-order valence-electron chi connectivity index (χ2n) is 15.2. The molecule has 0 saturated carbocycles. The van der Waals surface area contributed by atoms with Gasteiger partial charge in [-0.3, -0.25) is 0 Å². The van der Waals surface area contributed by atoms with Crippen LogP contribution in [0.15, 0.2) is 212 Å². The van der Waals surface area contributed by atoms with Crippen LogP contribution in [0.5, 0.6) is 11.5 Å². The highest BCUT2D eigenvalue weighted by Crippen LogP contribution is 2.46. The molecule has 0 unspecified atom stereocenters. The molecule has 0 radical (unpaired) electrons. The van der Waals surface area contributed by atoms with E-state index in [1.807, 2.05) is 0 Å². The molecule has 0 N–H and O–H groups in total. The minimum absolute atomic E-state index is 0.124. The first-order chi connectivity index (χ1) is 28.8. The van der Waals surface area contributed by atoms with Crippen molar-refractivity contribution in [3.63, 3.8) is 0 Å². The Balaban J connectivity index is 1.08. The Morgan fingerprint density at radius 1 is 0.362 bits per heavy atom. The first-order valence-electron chi connectivity index (χ1n) is 20.0. The molecule has 10 aromatic rings. The number of para-hydroxylation sites is 4. The predicted molar refractivity (Wildman–Crippen MR) is 243 cm³/mol. The number of nitrogens with zero attached hydrogens (tertiary/aromatic N) is 2. The highest BCUT2D eigenvalue weighted by atomic mass is 16.5. The van der Waals surface area contributed by atoms with E-state index in [-0.39, 0.29) is 6.85 Å². The SMILES string of the molecule is c1ccc(-c2cccc(N3B4c5ccc(-c6ccccc6-n6c7ccccc7c7ccccc76)cc5Oc5cc(-c6ccccc6)cc(c54)-c4ccccc43)c2)cc1. The zero-order valence-electron chi connectivity index (χ0n) is 31.6. The van der Waals surface area contributed by atoms with Crippen LogP contribution in [0.3, 0.4) is 0 Å². The van der Waals surface area contributed by atoms with Gasteiger partial charge in [-0.1, -0.05) is 158 Å². The number of rotatable bonds is 5. The van der Waals surface area contributed by atoms with Crippen LogP contribution in [0.2, 0.25) is 0 Å². The molecule has 3 heterocycles. The molecule has 0 aliphatic carbocycles. The normalized spacial score (nSPS) is 12.6. The highest BCUT2D eigenvalue weighted by molar-refractivity contribution is 6.92. The van der Waals surface area contributed by atoms with E-state index < -0.39 is 0 Å². The fourth-order valence-electron chi connectivity index (χ4n) is 9.47. The van der Waals surface area contributed by atoms with Crippen molar-refractivity contribution in [3.8, 4) is 61.7 Å². The average molecular weight is 739 g/mol. The first kappa shape index (κ1) is 32.7. The third-order valence-electron chi connectivity index (χ3n) is 12.0. The van der Waals surface area contributed by atoms with Crippen LogP contribution in [0, 0.1) is 0 Å². The van der Waals surface area contributed by atoms with E-state index in [1.165, 1.54) is 55.2 Å². The van der Waals surface area contributed by atoms with E-state index in [1.54, 1.807) is 0 Å². The molecule has 58 heavy (non-hydrogen) atoms. The van der Waals surface area contributed by atoms with Crippen LogP contribution in [0.25, 0.3) is 72.0 Å². The molecule has 12 rings (SSSR count). The van der Waals surface area contributed by atoms with Crippen molar-refractivity contribution >= 4 is 51.0 Å². The van der Waals surface area contributed by atoms with Crippen LogP contribution in [-0.2, 0) is 0 Å². The lowest BCUT2D eigenvalue weighted by atomic mass is 9.44. The van der Waals surface area contributed by atoms with Gasteiger partial charge in [0.25, 0.3) is 0 Å². The van der Waals surface area contributed by atoms with E-state index in [0.29, 0.717) is 0 Å². The van der Waals surface area contributed by atoms with E-state index in [2.05, 4.69) is 222 Å². The number of fused-ring (bicyclic) bond motifs is 7. The molecule has 0 saturated heterocycles. The van der Waals surface area contributed by atoms with E-state index in [9.17, 15) is 0 Å². The topological polar surface area (TPSA) is 17.4 Å². The first-order valence-corrected chi connectivity index (χ1v) is 20.0. The third kappa shape index (κ3) is 5.02. The maximum atomic E-state index is 7.18. The molecule has 0 bridgehead atoms. The molecule has 0 atom stereocenters. The molecule has 0 amide bonds. The van der Waals surface area contributed by atoms with Gasteiger partial charge in [0.1, 0.15) is 11.5 Å². The van der Waals surface area contributed by atoms with Crippen LogP contribution in [0.4, 0.5) is 11.4 Å². The van der Waals surface area contributed by atoms with Crippen molar-refractivity contribution in [2.24, 2.45) is 0 Å². The summed E-state index contributed by atoms with van der Waals surface area (Å²) in [6, 6.07) is 76.8. The van der Waals surface area contributed by atoms with Crippen molar-refractivity contribution in [1.82, 2.24) is 4.57 Å². The molecule has 9 aromatic carbocycles. The molecule has 2 aliphatic rings. The van der Waals surface area contributed by atoms with Gasteiger partial charge < -0.3 is 14.1 Å². The van der Waals surface area contributed by atoms with Gasteiger partial charge in [0.05, 0.1) is 16.7 Å². The molecule has 3 nitrogen and oxygen atoms in total. The molecule has 1 aromatic heterocycles. The van der Waals surface area contributed by atoms with Crippen LogP contribution in [-0.4, -0.2) is 11.4 Å². The summed E-state index contributed by atoms with van der Waals surface area (Å²) in [6.45, 7) is -0.124. The lowest BCUT2D eigenvalue weighted by Crippen LogP contribution is -2.59. The maximum Gasteiger partial charge on any atom is 0.336 e. The highest BCUT2D eigenvalue weighted by Gasteiger charge is 2.44. The Morgan fingerprint density at radius 3 is 1.69 bits per heavy atom. The van der Waals surface area contributed by atoms with Gasteiger partial charge in [0.15, 0.2) is 0 Å². The minimum atomic E-state index is -0.124. The Labute approximate surface area is 337 Å². The summed E-state index contributed by atoms with van der Waals surface area (Å²) in [4.78, 5) is 2.53. The maximum absolute atomic E-state index is 7.18. The zero-order valence-corrected chi connectivity index (χ0v) is 31.6. The summed E-state index contributed by atoms with van der Waals surface area (Å²) in [6.07, 6.45) is 0. The quantitative estimate of drug-likeness (QED) is 0.164. The van der Waals surface area contributed by atoms with Gasteiger partial charge in [-0.25, -0.2) is 0 Å². The Kier molecular flexibility index (Phi) is 7.33. The summed E-state index contributed by atoms with van der Waals surface area (Å²) in [5, 5.41) is 2.50. The van der Waals surface area contributed by atoms with Crippen molar-refractivity contribution in [1.29, 1.82) is 0 Å². The average Bonchev–Trinajstić information content (AvgIpc) is 3.63. The number of aromatic nitrogens is 1. The molecular weight excluding hydrogens is 703 g/mol. The monoisotopic (exact) mass is 738 g/mol. The number of ether oxygens (including phenoxy) is 1. The van der Waals surface area contributed by atoms with Crippen molar-refractivity contribution in [3.05, 3.63) is 212 Å². The lowest BCUT2D eigenvalue weighted by Gasteiger charge is -2.42. The Morgan fingerprint density at radius 2 is 0.948 bits per heavy atom. The minimum Gasteiger partial charge on any atom is -0.458 e. The third-order valence-corrected chi connectivity index (χ3v) is 12.0. The van der Waals surface area contributed by atoms with Gasteiger partial charge in [-0.05, 0) is 93.4 Å². The van der Waals surface area contributed by atoms with Crippen molar-refractivity contribution < 1.29 is 4.74 Å². The summed E-state index contributed by atoms with van der Waals surface area (Å²) in [5.74, 6) is 1.76. The number of hydrogen-bond donors (Lipinski definition) is 0. The van der Waals surface area contributed by atoms with E-state index >= 15 is 0 Å². The second kappa shape index (κ2) is 13.0. The van der Waals surface area contributed by atoms with Gasteiger partial charge >= 0.3 is 6.85 Å². The number of anilines is 2. The van der Waals surface area contributed by atoms with Gasteiger partial charge in [-0.15, -0.1) is 0 Å². The summed E-state index contributed by atoms with van der Waals surface area (Å²) in [7, 11) is 0. The molecule has 2 aliphatic heterocycles. The van der Waals surface area contributed by atoms with Gasteiger partial charge in [-0.2, -0.15) is 0 Å². The fraction of sp³-hybridized carbons (Fsp3) is 0. The molecule has 0 fully saturated rings. The second-order valence-corrected chi connectivity index (χ2v) is 15.2. The molecule has 270 valence electrons. The van der Waals surface area contributed by atoms with E-state index in [4.69, 9.17) is 4.74 Å². The Bertz CT molecular complexity index is 3170. The lowest BCUT2D eigenvalue weighted by molar-refractivity contribution is 0.487. The van der Waals surface area contributed by atoms with Crippen molar-refractivity contribution in [2.45, 2.75) is 0 Å². The van der Waals surface area contributed by atoms with Crippen LogP contribution >= 0.6 is 0 Å². The Hall–Kier alpha value is -7.56. The van der Waals surface area contributed by atoms with E-state index in [0.717, 1.165) is 50.6 Å². The predicted octanol–water partition coefficient (Wildman–Crippen LogP) is 12.8. The van der Waals surface area contributed by atoms with Crippen molar-refractivity contribution in [2.75, 3.05) is 4.81 Å². The summed E-state index contributed by atoms with van der Waals surface area (Å²) in [5.41, 5.74) is 17.5. The largest absolute Gasteiger partial charge is 0.458 e. The standard InChI is InChI=1S/C54H35BN2O/c1-3-16-36(17-4-1)38-20-15-21-41(32-38)57-51-29-14-10-25-45(51)46-33-40(37-18-5-2-6-19-37)35-53-54(46)55(57)47-31-30-39(34-52(47)58-53)42-22-7-11-26-48(42)56-49-27-12-8-23-43(49)44-24-9-13-28-50(44)56/h1-35H. The summed E-state index contributed by atoms with van der Waals surface area (Å²) >= 11 is 0. The summed E-state index contributed by atoms with van der Waals surface area (Å²) < 4.78 is 9.59. The zero-order chi connectivity index (χ0) is 38.2. The van der Waals surface area contributed by atoms with Gasteiger partial charge in [0.2, 0.25) is 0 Å². The number of benzene rings is 9. The van der Waals surface area contributed by atoms with Gasteiger partial charge in [0, 0.05) is 38.7 Å².